The Hall–Kier alpha value is -0.665. The van der Waals surface area contributed by atoms with Crippen LogP contribution in [0.3, 0.4) is 0 Å². The minimum atomic E-state index is 0.224. The first-order valence-electron chi connectivity index (χ1n) is 8.79. The Morgan fingerprint density at radius 3 is 2.00 bits per heavy atom. The number of hydrogen-bond acceptors (Lipinski definition) is 1. The van der Waals surface area contributed by atoms with Crippen LogP contribution in [0.15, 0.2) is 0 Å². The maximum absolute atomic E-state index is 12.9. The first kappa shape index (κ1) is 16.7. The zero-order chi connectivity index (χ0) is 15.6. The van der Waals surface area contributed by atoms with Crippen molar-refractivity contribution in [1.82, 2.24) is 9.80 Å². The number of rotatable bonds is 2. The summed E-state index contributed by atoms with van der Waals surface area (Å²) < 4.78 is 0. The zero-order valence-electron chi connectivity index (χ0n) is 14.2. The molecule has 0 bridgehead atoms. The molecule has 1 aliphatic heterocycles. The molecule has 3 atom stereocenters. The van der Waals surface area contributed by atoms with Crippen molar-refractivity contribution in [2.45, 2.75) is 103 Å². The quantitative estimate of drug-likeness (QED) is 0.706. The van der Waals surface area contributed by atoms with Gasteiger partial charge < -0.3 is 9.80 Å². The molecule has 0 aromatic carbocycles. The number of carbonyl (C=O) groups is 1. The van der Waals surface area contributed by atoms with E-state index >= 15 is 0 Å². The third kappa shape index (κ3) is 3.57. The van der Waals surface area contributed by atoms with Crippen LogP contribution in [0.2, 0.25) is 5.82 Å². The molecule has 2 amide bonds. The van der Waals surface area contributed by atoms with Crippen molar-refractivity contribution in [2.24, 2.45) is 0 Å². The van der Waals surface area contributed by atoms with Crippen LogP contribution in [0.4, 0.5) is 4.79 Å². The van der Waals surface area contributed by atoms with Gasteiger partial charge in [-0.3, -0.25) is 0 Å². The van der Waals surface area contributed by atoms with Gasteiger partial charge in [-0.1, -0.05) is 37.9 Å². The molecule has 21 heavy (non-hydrogen) atoms. The second-order valence-corrected chi connectivity index (χ2v) is 7.41. The molecule has 2 rings (SSSR count). The maximum atomic E-state index is 12.9. The minimum absolute atomic E-state index is 0.224. The van der Waals surface area contributed by atoms with Crippen LogP contribution in [0, 0.1) is 0 Å². The molecule has 3 nitrogen and oxygen atoms in total. The summed E-state index contributed by atoms with van der Waals surface area (Å²) >= 11 is 0. The number of fused-ring (bicyclic) bond motifs is 1. The standard InChI is InChI=1S/C17H31BN2O/c1-12(2)19-15-10-8-6-5-7-9-14(18)11-16(15)20(13(3)4)17(19)21/h12-16H,5-11H2,1-4H3. The van der Waals surface area contributed by atoms with E-state index in [1.54, 1.807) is 0 Å². The summed E-state index contributed by atoms with van der Waals surface area (Å²) in [6, 6.07) is 1.40. The van der Waals surface area contributed by atoms with Crippen LogP contribution < -0.4 is 0 Å². The molecule has 1 aliphatic carbocycles. The van der Waals surface area contributed by atoms with Crippen molar-refractivity contribution < 1.29 is 4.79 Å². The van der Waals surface area contributed by atoms with Crippen LogP contribution in [-0.2, 0) is 0 Å². The Kier molecular flexibility index (Phi) is 5.62. The summed E-state index contributed by atoms with van der Waals surface area (Å²) in [5.74, 6) is 0.233. The average molecular weight is 290 g/mol. The normalized spacial score (nSPS) is 31.9. The fourth-order valence-electron chi connectivity index (χ4n) is 4.14. The fourth-order valence-corrected chi connectivity index (χ4v) is 4.14. The molecule has 2 radical (unpaired) electrons. The third-order valence-corrected chi connectivity index (χ3v) is 5.08. The average Bonchev–Trinajstić information content (AvgIpc) is 2.66. The third-order valence-electron chi connectivity index (χ3n) is 5.08. The largest absolute Gasteiger partial charge is 0.321 e. The predicted molar refractivity (Wildman–Crippen MR) is 88.7 cm³/mol. The van der Waals surface area contributed by atoms with Gasteiger partial charge in [0.2, 0.25) is 0 Å². The first-order valence-corrected chi connectivity index (χ1v) is 8.79. The van der Waals surface area contributed by atoms with Gasteiger partial charge in [0.25, 0.3) is 0 Å². The molecule has 0 spiro atoms. The van der Waals surface area contributed by atoms with Gasteiger partial charge in [-0.2, -0.15) is 0 Å². The van der Waals surface area contributed by atoms with Crippen LogP contribution in [-0.4, -0.2) is 47.8 Å². The second kappa shape index (κ2) is 7.06. The molecule has 118 valence electrons. The van der Waals surface area contributed by atoms with Gasteiger partial charge in [-0.25, -0.2) is 4.79 Å². The fraction of sp³-hybridized carbons (Fsp3) is 0.941. The molecule has 2 aliphatic rings. The van der Waals surface area contributed by atoms with E-state index in [-0.39, 0.29) is 23.9 Å². The van der Waals surface area contributed by atoms with Gasteiger partial charge in [0, 0.05) is 12.1 Å². The van der Waals surface area contributed by atoms with Crippen molar-refractivity contribution in [3.8, 4) is 0 Å². The monoisotopic (exact) mass is 290 g/mol. The summed E-state index contributed by atoms with van der Waals surface area (Å²) in [6.45, 7) is 8.53. The Morgan fingerprint density at radius 1 is 0.905 bits per heavy atom. The van der Waals surface area contributed by atoms with Crippen molar-refractivity contribution >= 4 is 13.9 Å². The van der Waals surface area contributed by atoms with E-state index in [1.807, 2.05) is 0 Å². The van der Waals surface area contributed by atoms with Gasteiger partial charge in [0.1, 0.15) is 0 Å². The highest BCUT2D eigenvalue weighted by Gasteiger charge is 2.47. The highest BCUT2D eigenvalue weighted by Crippen LogP contribution is 2.36. The number of urea groups is 1. The lowest BCUT2D eigenvalue weighted by Gasteiger charge is -2.33. The van der Waals surface area contributed by atoms with Gasteiger partial charge in [0.05, 0.1) is 19.9 Å². The Labute approximate surface area is 131 Å². The van der Waals surface area contributed by atoms with E-state index in [1.165, 1.54) is 25.7 Å². The van der Waals surface area contributed by atoms with Crippen molar-refractivity contribution in [2.75, 3.05) is 0 Å². The summed E-state index contributed by atoms with van der Waals surface area (Å²) in [4.78, 5) is 17.1. The first-order chi connectivity index (χ1) is 9.93. The van der Waals surface area contributed by atoms with E-state index in [0.717, 1.165) is 19.3 Å². The van der Waals surface area contributed by atoms with E-state index < -0.39 is 0 Å². The SMILES string of the molecule is [B]C1CCCCCCC2C(C1)N(C(C)C)C(=O)N2C(C)C. The molecular weight excluding hydrogens is 259 g/mol. The molecule has 1 saturated carbocycles. The second-order valence-electron chi connectivity index (χ2n) is 7.41. The van der Waals surface area contributed by atoms with E-state index in [0.29, 0.717) is 12.1 Å². The Morgan fingerprint density at radius 2 is 1.43 bits per heavy atom. The zero-order valence-corrected chi connectivity index (χ0v) is 14.2. The van der Waals surface area contributed by atoms with E-state index in [2.05, 4.69) is 37.5 Å². The van der Waals surface area contributed by atoms with Crippen LogP contribution in [0.1, 0.15) is 72.6 Å². The smallest absolute Gasteiger partial charge is 0.317 e. The Bertz CT molecular complexity index is 359. The van der Waals surface area contributed by atoms with Crippen LogP contribution in [0.25, 0.3) is 0 Å². The lowest BCUT2D eigenvalue weighted by Crippen LogP contribution is -2.42. The van der Waals surface area contributed by atoms with E-state index in [9.17, 15) is 4.79 Å². The molecule has 0 aromatic rings. The molecular formula is C17H31BN2O. The number of carbonyl (C=O) groups excluding carboxylic acids is 1. The van der Waals surface area contributed by atoms with Gasteiger partial charge >= 0.3 is 6.03 Å². The van der Waals surface area contributed by atoms with Gasteiger partial charge in [-0.15, -0.1) is 0 Å². The Balaban J connectivity index is 2.27. The minimum Gasteiger partial charge on any atom is -0.317 e. The topological polar surface area (TPSA) is 23.6 Å². The molecule has 0 aromatic heterocycles. The number of hydrogen-bond donors (Lipinski definition) is 0. The van der Waals surface area contributed by atoms with Crippen molar-refractivity contribution in [3.63, 3.8) is 0 Å². The lowest BCUT2D eigenvalue weighted by atomic mass is 9.75. The molecule has 1 saturated heterocycles. The van der Waals surface area contributed by atoms with Crippen LogP contribution in [0.5, 0.6) is 0 Å². The highest BCUT2D eigenvalue weighted by atomic mass is 16.2. The number of nitrogens with zero attached hydrogens (tertiary/aromatic N) is 2. The lowest BCUT2D eigenvalue weighted by molar-refractivity contribution is 0.164. The molecule has 1 heterocycles. The predicted octanol–water partition coefficient (Wildman–Crippen LogP) is 3.98. The maximum Gasteiger partial charge on any atom is 0.321 e. The van der Waals surface area contributed by atoms with Crippen molar-refractivity contribution in [3.05, 3.63) is 0 Å². The molecule has 2 fully saturated rings. The summed E-state index contributed by atoms with van der Waals surface area (Å²) in [6.07, 6.45) is 8.22. The summed E-state index contributed by atoms with van der Waals surface area (Å²) in [5.41, 5.74) is 0. The van der Waals surface area contributed by atoms with E-state index in [4.69, 9.17) is 7.85 Å². The van der Waals surface area contributed by atoms with Crippen LogP contribution >= 0.6 is 0 Å². The highest BCUT2D eigenvalue weighted by molar-refractivity contribution is 6.11. The molecule has 0 N–H and O–H groups in total. The van der Waals surface area contributed by atoms with Gasteiger partial charge in [0.15, 0.2) is 0 Å². The van der Waals surface area contributed by atoms with Gasteiger partial charge in [-0.05, 0) is 40.5 Å². The molecule has 3 unspecified atom stereocenters. The number of amides is 2. The summed E-state index contributed by atoms with van der Waals surface area (Å²) in [5, 5.41) is 0. The summed E-state index contributed by atoms with van der Waals surface area (Å²) in [7, 11) is 6.35. The van der Waals surface area contributed by atoms with Crippen molar-refractivity contribution in [1.29, 1.82) is 0 Å². The molecule has 4 heteroatoms.